The molecule has 0 saturated heterocycles. The summed E-state index contributed by atoms with van der Waals surface area (Å²) in [5.74, 6) is -0.175. The highest BCUT2D eigenvalue weighted by Gasteiger charge is 2.19. The average molecular weight is 222 g/mol. The van der Waals surface area contributed by atoms with Gasteiger partial charge in [0.05, 0.1) is 6.16 Å². The van der Waals surface area contributed by atoms with Crippen LogP contribution in [0.25, 0.3) is 0 Å². The lowest BCUT2D eigenvalue weighted by molar-refractivity contribution is 0.318. The van der Waals surface area contributed by atoms with Crippen LogP contribution in [0.5, 0.6) is 0 Å². The van der Waals surface area contributed by atoms with Crippen LogP contribution in [0.15, 0.2) is 5.16 Å². The molecule has 6 heteroatoms. The van der Waals surface area contributed by atoms with E-state index in [4.69, 9.17) is 10.9 Å². The van der Waals surface area contributed by atoms with Crippen molar-refractivity contribution >= 4 is 13.2 Å². The number of oxime groups is 1. The van der Waals surface area contributed by atoms with Crippen molar-refractivity contribution in [3.8, 4) is 0 Å². The normalized spacial score (nSPS) is 16.6. The Morgan fingerprint density at radius 3 is 2.57 bits per heavy atom. The maximum absolute atomic E-state index is 11.4. The minimum atomic E-state index is -3.22. The summed E-state index contributed by atoms with van der Waals surface area (Å²) in [5.41, 5.74) is 5.16. The van der Waals surface area contributed by atoms with E-state index in [1.165, 1.54) is 0 Å². The third kappa shape index (κ3) is 6.92. The molecule has 0 radical (unpaired) electrons. The van der Waals surface area contributed by atoms with Crippen molar-refractivity contribution in [3.05, 3.63) is 0 Å². The van der Waals surface area contributed by atoms with E-state index in [0.29, 0.717) is 0 Å². The zero-order chi connectivity index (χ0) is 11.0. The smallest absolute Gasteiger partial charge is 0.208 e. The molecule has 0 saturated carbocycles. The molecule has 4 N–H and O–H groups in total. The van der Waals surface area contributed by atoms with Gasteiger partial charge in [0.25, 0.3) is 0 Å². The van der Waals surface area contributed by atoms with E-state index in [0.717, 1.165) is 25.7 Å². The highest BCUT2D eigenvalue weighted by molar-refractivity contribution is 7.58. The van der Waals surface area contributed by atoms with E-state index in [2.05, 4.69) is 12.1 Å². The first-order chi connectivity index (χ1) is 6.52. The van der Waals surface area contributed by atoms with Crippen molar-refractivity contribution in [1.29, 1.82) is 0 Å². The molecule has 1 atom stereocenters. The fraction of sp³-hybridized carbons (Fsp3) is 0.875. The molecule has 0 aromatic rings. The molecule has 0 bridgehead atoms. The van der Waals surface area contributed by atoms with Crippen LogP contribution in [-0.2, 0) is 4.57 Å². The Morgan fingerprint density at radius 1 is 1.43 bits per heavy atom. The summed E-state index contributed by atoms with van der Waals surface area (Å²) >= 11 is 0. The van der Waals surface area contributed by atoms with E-state index >= 15 is 0 Å². The molecule has 0 aliphatic carbocycles. The Hall–Kier alpha value is -0.540. The maximum Gasteiger partial charge on any atom is 0.208 e. The molecule has 0 aliphatic rings. The second kappa shape index (κ2) is 6.85. The molecule has 0 aromatic heterocycles. The Morgan fingerprint density at radius 2 is 2.07 bits per heavy atom. The third-order valence-corrected chi connectivity index (χ3v) is 3.73. The molecule has 5 nitrogen and oxygen atoms in total. The molecule has 0 amide bonds. The van der Waals surface area contributed by atoms with Crippen molar-refractivity contribution in [3.63, 3.8) is 0 Å². The summed E-state index contributed by atoms with van der Waals surface area (Å²) in [4.78, 5) is 9.40. The summed E-state index contributed by atoms with van der Waals surface area (Å²) < 4.78 is 11.4. The van der Waals surface area contributed by atoms with Crippen molar-refractivity contribution in [2.24, 2.45) is 10.9 Å². The first-order valence-corrected chi connectivity index (χ1v) is 6.82. The summed E-state index contributed by atoms with van der Waals surface area (Å²) in [7, 11) is -3.22. The monoisotopic (exact) mass is 222 g/mol. The lowest BCUT2D eigenvalue weighted by Crippen LogP contribution is -2.17. The van der Waals surface area contributed by atoms with Gasteiger partial charge in [0.15, 0.2) is 0 Å². The number of hydrogen-bond acceptors (Lipinski definition) is 3. The fourth-order valence-corrected chi connectivity index (χ4v) is 2.59. The van der Waals surface area contributed by atoms with Gasteiger partial charge < -0.3 is 15.8 Å². The Labute approximate surface area is 84.4 Å². The molecule has 1 unspecified atom stereocenters. The number of nitrogens with zero attached hydrogens (tertiary/aromatic N) is 1. The van der Waals surface area contributed by atoms with Crippen molar-refractivity contribution in [1.82, 2.24) is 0 Å². The van der Waals surface area contributed by atoms with Crippen LogP contribution in [0, 0.1) is 0 Å². The lowest BCUT2D eigenvalue weighted by atomic mass is 10.2. The van der Waals surface area contributed by atoms with Gasteiger partial charge in [-0.25, -0.2) is 0 Å². The van der Waals surface area contributed by atoms with Crippen LogP contribution in [-0.4, -0.2) is 28.3 Å². The number of amidine groups is 1. The van der Waals surface area contributed by atoms with Crippen LogP contribution in [0.4, 0.5) is 0 Å². The van der Waals surface area contributed by atoms with E-state index in [-0.39, 0.29) is 18.2 Å². The standard InChI is InChI=1S/C8H19N2O3P/c1-2-3-4-5-6-14(12,13)7-8(9)10-11/h11H,2-7H2,1H3,(H2,9,10)(H,12,13). The van der Waals surface area contributed by atoms with E-state index < -0.39 is 7.37 Å². The Bertz CT molecular complexity index is 231. The minimum Gasteiger partial charge on any atom is -0.409 e. The second-order valence-electron chi connectivity index (χ2n) is 3.38. The van der Waals surface area contributed by atoms with Gasteiger partial charge in [0.2, 0.25) is 7.37 Å². The minimum absolute atomic E-state index is 0.175. The number of hydrogen-bond donors (Lipinski definition) is 3. The summed E-state index contributed by atoms with van der Waals surface area (Å²) in [6.45, 7) is 2.08. The van der Waals surface area contributed by atoms with Crippen molar-refractivity contribution in [2.75, 3.05) is 12.3 Å². The Kier molecular flexibility index (Phi) is 6.58. The first-order valence-electron chi connectivity index (χ1n) is 4.79. The van der Waals surface area contributed by atoms with Crippen LogP contribution in [0.1, 0.15) is 32.6 Å². The van der Waals surface area contributed by atoms with Gasteiger partial charge in [0, 0.05) is 6.16 Å². The first kappa shape index (κ1) is 13.5. The molecule has 0 spiro atoms. The predicted octanol–water partition coefficient (Wildman–Crippen LogP) is 1.58. The van der Waals surface area contributed by atoms with Crippen molar-refractivity contribution in [2.45, 2.75) is 32.6 Å². The van der Waals surface area contributed by atoms with Crippen LogP contribution in [0.3, 0.4) is 0 Å². The molecule has 0 fully saturated rings. The number of unbranched alkanes of at least 4 members (excludes halogenated alkanes) is 3. The number of rotatable bonds is 7. The fourth-order valence-electron chi connectivity index (χ4n) is 1.15. The van der Waals surface area contributed by atoms with Gasteiger partial charge in [0.1, 0.15) is 5.84 Å². The molecular formula is C8H19N2O3P. The molecule has 0 aliphatic heterocycles. The number of nitrogens with two attached hydrogens (primary N) is 1. The highest BCUT2D eigenvalue weighted by atomic mass is 31.2. The van der Waals surface area contributed by atoms with Crippen LogP contribution >= 0.6 is 7.37 Å². The van der Waals surface area contributed by atoms with Gasteiger partial charge in [-0.2, -0.15) is 0 Å². The lowest BCUT2D eigenvalue weighted by Gasteiger charge is -2.09. The molecule has 84 valence electrons. The van der Waals surface area contributed by atoms with Gasteiger partial charge in [-0.1, -0.05) is 31.3 Å². The van der Waals surface area contributed by atoms with E-state index in [1.54, 1.807) is 0 Å². The van der Waals surface area contributed by atoms with Gasteiger partial charge in [-0.05, 0) is 6.42 Å². The third-order valence-electron chi connectivity index (χ3n) is 1.90. The molecule has 0 rings (SSSR count). The van der Waals surface area contributed by atoms with E-state index in [9.17, 15) is 9.46 Å². The molecular weight excluding hydrogens is 203 g/mol. The average Bonchev–Trinajstić information content (AvgIpc) is 2.12. The van der Waals surface area contributed by atoms with Gasteiger partial charge in [-0.15, -0.1) is 0 Å². The topological polar surface area (TPSA) is 95.9 Å². The highest BCUT2D eigenvalue weighted by Crippen LogP contribution is 2.40. The summed E-state index contributed by atoms with van der Waals surface area (Å²) in [5, 5.41) is 10.9. The van der Waals surface area contributed by atoms with Crippen molar-refractivity contribution < 1.29 is 14.7 Å². The quantitative estimate of drug-likeness (QED) is 0.152. The van der Waals surface area contributed by atoms with Crippen LogP contribution < -0.4 is 5.73 Å². The summed E-state index contributed by atoms with van der Waals surface area (Å²) in [6, 6.07) is 0. The van der Waals surface area contributed by atoms with E-state index in [1.807, 2.05) is 0 Å². The van der Waals surface area contributed by atoms with Crippen LogP contribution in [0.2, 0.25) is 0 Å². The molecule has 0 heterocycles. The zero-order valence-electron chi connectivity index (χ0n) is 8.52. The Balaban J connectivity index is 3.78. The predicted molar refractivity (Wildman–Crippen MR) is 57.1 cm³/mol. The maximum atomic E-state index is 11.4. The summed E-state index contributed by atoms with van der Waals surface area (Å²) in [6.07, 6.45) is 3.88. The molecule has 0 aromatic carbocycles. The SMILES string of the molecule is CCCCCCP(=O)(O)CC(N)=NO. The second-order valence-corrected chi connectivity index (χ2v) is 5.84. The van der Waals surface area contributed by atoms with Gasteiger partial charge in [-0.3, -0.25) is 4.57 Å². The van der Waals surface area contributed by atoms with Gasteiger partial charge >= 0.3 is 0 Å². The zero-order valence-corrected chi connectivity index (χ0v) is 9.41. The molecule has 14 heavy (non-hydrogen) atoms. The largest absolute Gasteiger partial charge is 0.409 e.